The summed E-state index contributed by atoms with van der Waals surface area (Å²) in [4.78, 5) is 0. The largest absolute Gasteiger partial charge is 0.396 e. The molecule has 2 nitrogen and oxygen atoms in total. The van der Waals surface area contributed by atoms with E-state index in [2.05, 4.69) is 19.9 Å². The van der Waals surface area contributed by atoms with E-state index in [9.17, 15) is 0 Å². The van der Waals surface area contributed by atoms with E-state index in [4.69, 9.17) is 9.84 Å². The Balaban J connectivity index is 3.77. The van der Waals surface area contributed by atoms with Crippen molar-refractivity contribution in [2.24, 2.45) is 5.92 Å². The molecule has 2 unspecified atom stereocenters. The van der Waals surface area contributed by atoms with Gasteiger partial charge >= 0.3 is 0 Å². The Morgan fingerprint density at radius 3 is 2.64 bits per heavy atom. The summed E-state index contributed by atoms with van der Waals surface area (Å²) in [6, 6.07) is 0. The number of ether oxygens (including phenoxy) is 1. The third kappa shape index (κ3) is 7.10. The lowest BCUT2D eigenvalue weighted by molar-refractivity contribution is 0.118. The molecule has 0 spiro atoms. The van der Waals surface area contributed by atoms with Gasteiger partial charge in [-0.05, 0) is 18.8 Å². The highest BCUT2D eigenvalue weighted by Gasteiger charge is 2.08. The minimum Gasteiger partial charge on any atom is -0.396 e. The first-order valence-electron chi connectivity index (χ1n) is 5.54. The first-order chi connectivity index (χ1) is 6.74. The topological polar surface area (TPSA) is 29.5 Å². The molecule has 84 valence electrons. The van der Waals surface area contributed by atoms with Crippen molar-refractivity contribution in [2.45, 2.75) is 45.6 Å². The lowest BCUT2D eigenvalue weighted by Gasteiger charge is -2.16. The zero-order valence-corrected chi connectivity index (χ0v) is 9.70. The molecule has 0 heterocycles. The molecule has 0 saturated heterocycles. The van der Waals surface area contributed by atoms with Gasteiger partial charge in [0.15, 0.2) is 0 Å². The average molecular weight is 200 g/mol. The molecule has 2 atom stereocenters. The Morgan fingerprint density at radius 1 is 1.43 bits per heavy atom. The normalized spacial score (nSPS) is 16.0. The molecule has 0 aliphatic carbocycles. The standard InChI is InChI=1S/C12H24O2/c1-4-7-11(2)10-12(14-3)8-5-6-9-13/h5,8,11-13H,4,6-7,9-10H2,1-3H3/b8-5+. The van der Waals surface area contributed by atoms with Crippen molar-refractivity contribution in [2.75, 3.05) is 13.7 Å². The van der Waals surface area contributed by atoms with E-state index in [-0.39, 0.29) is 12.7 Å². The van der Waals surface area contributed by atoms with Gasteiger partial charge in [0.25, 0.3) is 0 Å². The van der Waals surface area contributed by atoms with Crippen molar-refractivity contribution >= 4 is 0 Å². The van der Waals surface area contributed by atoms with Gasteiger partial charge in [0.1, 0.15) is 0 Å². The predicted octanol–water partition coefficient (Wildman–Crippen LogP) is 2.77. The van der Waals surface area contributed by atoms with E-state index < -0.39 is 0 Å². The number of methoxy groups -OCH3 is 1. The van der Waals surface area contributed by atoms with Gasteiger partial charge in [-0.1, -0.05) is 38.8 Å². The lowest BCUT2D eigenvalue weighted by Crippen LogP contribution is -2.11. The smallest absolute Gasteiger partial charge is 0.0754 e. The maximum Gasteiger partial charge on any atom is 0.0754 e. The zero-order valence-electron chi connectivity index (χ0n) is 9.70. The number of rotatable bonds is 8. The van der Waals surface area contributed by atoms with Crippen LogP contribution < -0.4 is 0 Å². The third-order valence-electron chi connectivity index (χ3n) is 2.37. The molecular formula is C12H24O2. The second-order valence-electron chi connectivity index (χ2n) is 3.84. The molecule has 0 saturated carbocycles. The SMILES string of the molecule is CCCC(C)CC(/C=C/CCO)OC. The quantitative estimate of drug-likeness (QED) is 0.610. The fourth-order valence-corrected chi connectivity index (χ4v) is 1.58. The van der Waals surface area contributed by atoms with Gasteiger partial charge in [-0.3, -0.25) is 0 Å². The van der Waals surface area contributed by atoms with E-state index in [1.165, 1.54) is 12.8 Å². The summed E-state index contributed by atoms with van der Waals surface area (Å²) in [5.74, 6) is 0.712. The Kier molecular flexibility index (Phi) is 9.00. The zero-order chi connectivity index (χ0) is 10.8. The molecule has 0 radical (unpaired) electrons. The van der Waals surface area contributed by atoms with Crippen LogP contribution in [0.3, 0.4) is 0 Å². The fraction of sp³-hybridized carbons (Fsp3) is 0.833. The van der Waals surface area contributed by atoms with Gasteiger partial charge in [-0.25, -0.2) is 0 Å². The van der Waals surface area contributed by atoms with Crippen LogP contribution in [0.4, 0.5) is 0 Å². The molecule has 0 aromatic heterocycles. The number of hydrogen-bond donors (Lipinski definition) is 1. The first-order valence-corrected chi connectivity index (χ1v) is 5.54. The molecule has 0 amide bonds. The molecule has 0 bridgehead atoms. The minimum absolute atomic E-state index is 0.211. The minimum atomic E-state index is 0.211. The summed E-state index contributed by atoms with van der Waals surface area (Å²) in [6.07, 6.45) is 8.55. The van der Waals surface area contributed by atoms with Crippen LogP contribution in [0.2, 0.25) is 0 Å². The fourth-order valence-electron chi connectivity index (χ4n) is 1.58. The van der Waals surface area contributed by atoms with Crippen LogP contribution in [0.25, 0.3) is 0 Å². The summed E-state index contributed by atoms with van der Waals surface area (Å²) in [6.45, 7) is 4.69. The first kappa shape index (κ1) is 13.7. The van der Waals surface area contributed by atoms with Crippen LogP contribution >= 0.6 is 0 Å². The summed E-state index contributed by atoms with van der Waals surface area (Å²) >= 11 is 0. The van der Waals surface area contributed by atoms with E-state index in [0.29, 0.717) is 5.92 Å². The highest BCUT2D eigenvalue weighted by molar-refractivity contribution is 4.90. The van der Waals surface area contributed by atoms with Crippen LogP contribution in [0, 0.1) is 5.92 Å². The van der Waals surface area contributed by atoms with Crippen molar-refractivity contribution in [1.82, 2.24) is 0 Å². The molecule has 0 aliphatic rings. The van der Waals surface area contributed by atoms with Crippen LogP contribution in [0.15, 0.2) is 12.2 Å². The van der Waals surface area contributed by atoms with Crippen LogP contribution in [0.5, 0.6) is 0 Å². The van der Waals surface area contributed by atoms with E-state index in [1.807, 2.05) is 6.08 Å². The van der Waals surface area contributed by atoms with Gasteiger partial charge < -0.3 is 9.84 Å². The second kappa shape index (κ2) is 9.22. The average Bonchev–Trinajstić information content (AvgIpc) is 2.17. The van der Waals surface area contributed by atoms with Crippen LogP contribution in [0.1, 0.15) is 39.5 Å². The monoisotopic (exact) mass is 200 g/mol. The Morgan fingerprint density at radius 2 is 2.14 bits per heavy atom. The summed E-state index contributed by atoms with van der Waals surface area (Å²) in [5.41, 5.74) is 0. The molecule has 1 N–H and O–H groups in total. The van der Waals surface area contributed by atoms with E-state index in [1.54, 1.807) is 7.11 Å². The van der Waals surface area contributed by atoms with Crippen molar-refractivity contribution < 1.29 is 9.84 Å². The molecular weight excluding hydrogens is 176 g/mol. The molecule has 14 heavy (non-hydrogen) atoms. The second-order valence-corrected chi connectivity index (χ2v) is 3.84. The molecule has 0 aromatic carbocycles. The van der Waals surface area contributed by atoms with Crippen LogP contribution in [-0.4, -0.2) is 24.9 Å². The molecule has 0 aliphatic heterocycles. The summed E-state index contributed by atoms with van der Waals surface area (Å²) in [5, 5.41) is 8.63. The highest BCUT2D eigenvalue weighted by Crippen LogP contribution is 2.15. The summed E-state index contributed by atoms with van der Waals surface area (Å²) in [7, 11) is 1.74. The van der Waals surface area contributed by atoms with Crippen LogP contribution in [-0.2, 0) is 4.74 Å². The van der Waals surface area contributed by atoms with Gasteiger partial charge in [0.05, 0.1) is 6.10 Å². The molecule has 2 heteroatoms. The van der Waals surface area contributed by atoms with Gasteiger partial charge in [-0.2, -0.15) is 0 Å². The van der Waals surface area contributed by atoms with Crippen molar-refractivity contribution in [3.63, 3.8) is 0 Å². The molecule has 0 rings (SSSR count). The Hall–Kier alpha value is -0.340. The Labute approximate surface area is 88.0 Å². The maximum absolute atomic E-state index is 8.63. The van der Waals surface area contributed by atoms with Gasteiger partial charge in [-0.15, -0.1) is 0 Å². The number of aliphatic hydroxyl groups excluding tert-OH is 1. The van der Waals surface area contributed by atoms with Crippen molar-refractivity contribution in [1.29, 1.82) is 0 Å². The Bertz CT molecular complexity index is 143. The third-order valence-corrected chi connectivity index (χ3v) is 2.37. The highest BCUT2D eigenvalue weighted by atomic mass is 16.5. The number of hydrogen-bond acceptors (Lipinski definition) is 2. The van der Waals surface area contributed by atoms with Gasteiger partial charge in [0.2, 0.25) is 0 Å². The lowest BCUT2D eigenvalue weighted by atomic mass is 9.98. The maximum atomic E-state index is 8.63. The van der Waals surface area contributed by atoms with E-state index in [0.717, 1.165) is 12.8 Å². The predicted molar refractivity (Wildman–Crippen MR) is 60.3 cm³/mol. The molecule has 0 aromatic rings. The number of aliphatic hydroxyl groups is 1. The van der Waals surface area contributed by atoms with Crippen molar-refractivity contribution in [3.8, 4) is 0 Å². The van der Waals surface area contributed by atoms with Crippen molar-refractivity contribution in [3.05, 3.63) is 12.2 Å². The summed E-state index contributed by atoms with van der Waals surface area (Å²) < 4.78 is 5.35. The molecule has 0 fully saturated rings. The van der Waals surface area contributed by atoms with Gasteiger partial charge in [0, 0.05) is 13.7 Å². The van der Waals surface area contributed by atoms with E-state index >= 15 is 0 Å².